The third-order valence-corrected chi connectivity index (χ3v) is 4.04. The average molecular weight is 216 g/mol. The first kappa shape index (κ1) is 10.3. The maximum absolute atomic E-state index is 3.71. The topological polar surface area (TPSA) is 24.1 Å². The van der Waals surface area contributed by atoms with Crippen molar-refractivity contribution in [2.24, 2.45) is 5.92 Å². The number of hydrogen-bond donors (Lipinski definition) is 2. The Bertz CT molecular complexity index is 328. The predicted molar refractivity (Wildman–Crippen MR) is 66.2 cm³/mol. The molecule has 0 radical (unpaired) electrons. The number of hydrogen-bond acceptors (Lipinski definition) is 2. The van der Waals surface area contributed by atoms with Crippen LogP contribution in [0.4, 0.5) is 0 Å². The minimum absolute atomic E-state index is 0.688. The highest BCUT2D eigenvalue weighted by molar-refractivity contribution is 5.14. The van der Waals surface area contributed by atoms with Crippen molar-refractivity contribution in [3.63, 3.8) is 0 Å². The fourth-order valence-electron chi connectivity index (χ4n) is 3.08. The van der Waals surface area contributed by atoms with Crippen molar-refractivity contribution in [3.8, 4) is 0 Å². The molecule has 86 valence electrons. The first-order valence-electron chi connectivity index (χ1n) is 6.42. The Morgan fingerprint density at radius 1 is 1.19 bits per heavy atom. The summed E-state index contributed by atoms with van der Waals surface area (Å²) >= 11 is 0. The standard InChI is InChI=1S/C14H20N2/c1-2-4-11(5-3-1)9-16-14-8-12-6-7-13(14)15-10-12/h1-5,12-16H,6-10H2. The van der Waals surface area contributed by atoms with E-state index in [-0.39, 0.29) is 0 Å². The van der Waals surface area contributed by atoms with Crippen molar-refractivity contribution in [1.29, 1.82) is 0 Å². The molecule has 1 aliphatic carbocycles. The van der Waals surface area contributed by atoms with Crippen molar-refractivity contribution < 1.29 is 0 Å². The monoisotopic (exact) mass is 216 g/mol. The van der Waals surface area contributed by atoms with Gasteiger partial charge in [0.15, 0.2) is 0 Å². The number of piperidine rings is 2. The van der Waals surface area contributed by atoms with Crippen LogP contribution in [-0.2, 0) is 6.54 Å². The lowest BCUT2D eigenvalue weighted by molar-refractivity contribution is 0.159. The molecular weight excluding hydrogens is 196 g/mol. The highest BCUT2D eigenvalue weighted by atomic mass is 15.1. The minimum atomic E-state index is 0.688. The van der Waals surface area contributed by atoms with Crippen LogP contribution < -0.4 is 10.6 Å². The fraction of sp³-hybridized carbons (Fsp3) is 0.571. The molecule has 1 saturated carbocycles. The van der Waals surface area contributed by atoms with Gasteiger partial charge in [-0.05, 0) is 37.3 Å². The lowest BCUT2D eigenvalue weighted by atomic mass is 9.78. The van der Waals surface area contributed by atoms with E-state index in [0.29, 0.717) is 12.1 Å². The molecule has 0 spiro atoms. The summed E-state index contributed by atoms with van der Waals surface area (Å²) in [5.74, 6) is 0.915. The van der Waals surface area contributed by atoms with Gasteiger partial charge in [0.05, 0.1) is 0 Å². The largest absolute Gasteiger partial charge is 0.312 e. The zero-order valence-electron chi connectivity index (χ0n) is 9.65. The smallest absolute Gasteiger partial charge is 0.0227 e. The van der Waals surface area contributed by atoms with Gasteiger partial charge in [0.1, 0.15) is 0 Å². The summed E-state index contributed by atoms with van der Waals surface area (Å²) in [7, 11) is 0. The normalized spacial score (nSPS) is 32.9. The van der Waals surface area contributed by atoms with Crippen molar-refractivity contribution >= 4 is 0 Å². The number of rotatable bonds is 3. The van der Waals surface area contributed by atoms with E-state index in [1.165, 1.54) is 31.4 Å². The molecule has 2 saturated heterocycles. The van der Waals surface area contributed by atoms with E-state index in [1.54, 1.807) is 0 Å². The summed E-state index contributed by atoms with van der Waals surface area (Å²) < 4.78 is 0. The lowest BCUT2D eigenvalue weighted by Crippen LogP contribution is -2.58. The molecular formula is C14H20N2. The average Bonchev–Trinajstić information content (AvgIpc) is 2.39. The van der Waals surface area contributed by atoms with Crippen LogP contribution in [0.5, 0.6) is 0 Å². The highest BCUT2D eigenvalue weighted by Gasteiger charge is 2.34. The highest BCUT2D eigenvalue weighted by Crippen LogP contribution is 2.29. The number of fused-ring (bicyclic) bond motifs is 3. The molecule has 3 unspecified atom stereocenters. The van der Waals surface area contributed by atoms with Crippen molar-refractivity contribution in [1.82, 2.24) is 10.6 Å². The van der Waals surface area contributed by atoms with E-state index in [2.05, 4.69) is 41.0 Å². The summed E-state index contributed by atoms with van der Waals surface area (Å²) in [5.41, 5.74) is 1.39. The maximum Gasteiger partial charge on any atom is 0.0227 e. The third kappa shape index (κ3) is 2.13. The molecule has 1 aromatic carbocycles. The summed E-state index contributed by atoms with van der Waals surface area (Å²) in [5, 5.41) is 7.35. The molecule has 0 aromatic heterocycles. The van der Waals surface area contributed by atoms with E-state index in [9.17, 15) is 0 Å². The van der Waals surface area contributed by atoms with E-state index >= 15 is 0 Å². The van der Waals surface area contributed by atoms with Crippen molar-refractivity contribution in [2.45, 2.75) is 37.9 Å². The van der Waals surface area contributed by atoms with Gasteiger partial charge in [-0.15, -0.1) is 0 Å². The van der Waals surface area contributed by atoms with Gasteiger partial charge >= 0.3 is 0 Å². The molecule has 2 heterocycles. The second kappa shape index (κ2) is 4.56. The SMILES string of the molecule is c1ccc(CNC2CC3CCC2NC3)cc1. The molecule has 1 aromatic rings. The van der Waals surface area contributed by atoms with E-state index in [1.807, 2.05) is 0 Å². The van der Waals surface area contributed by atoms with E-state index in [0.717, 1.165) is 12.5 Å². The van der Waals surface area contributed by atoms with Crippen LogP contribution in [0.25, 0.3) is 0 Å². The van der Waals surface area contributed by atoms with Crippen LogP contribution in [0.2, 0.25) is 0 Å². The van der Waals surface area contributed by atoms with E-state index < -0.39 is 0 Å². The number of nitrogens with one attached hydrogen (secondary N) is 2. The summed E-state index contributed by atoms with van der Waals surface area (Å²) in [6, 6.07) is 12.1. The zero-order chi connectivity index (χ0) is 10.8. The second-order valence-corrected chi connectivity index (χ2v) is 5.17. The van der Waals surface area contributed by atoms with Crippen molar-refractivity contribution in [2.75, 3.05) is 6.54 Å². The molecule has 2 heteroatoms. The van der Waals surface area contributed by atoms with Gasteiger partial charge in [0.2, 0.25) is 0 Å². The molecule has 4 rings (SSSR count). The molecule has 3 aliphatic rings. The van der Waals surface area contributed by atoms with Crippen LogP contribution in [0, 0.1) is 5.92 Å². The zero-order valence-corrected chi connectivity index (χ0v) is 9.65. The Morgan fingerprint density at radius 3 is 2.69 bits per heavy atom. The van der Waals surface area contributed by atoms with Crippen LogP contribution in [0.15, 0.2) is 30.3 Å². The van der Waals surface area contributed by atoms with Gasteiger partial charge in [-0.25, -0.2) is 0 Å². The van der Waals surface area contributed by atoms with Gasteiger partial charge in [0.25, 0.3) is 0 Å². The molecule has 2 N–H and O–H groups in total. The van der Waals surface area contributed by atoms with Gasteiger partial charge in [0, 0.05) is 18.6 Å². The Labute approximate surface area is 97.4 Å². The number of benzene rings is 1. The second-order valence-electron chi connectivity index (χ2n) is 5.17. The van der Waals surface area contributed by atoms with E-state index in [4.69, 9.17) is 0 Å². The molecule has 0 amide bonds. The molecule has 3 fully saturated rings. The van der Waals surface area contributed by atoms with Crippen molar-refractivity contribution in [3.05, 3.63) is 35.9 Å². The lowest BCUT2D eigenvalue weighted by Gasteiger charge is -2.43. The first-order valence-corrected chi connectivity index (χ1v) is 6.42. The predicted octanol–water partition coefficient (Wildman–Crippen LogP) is 1.92. The summed E-state index contributed by atoms with van der Waals surface area (Å²) in [4.78, 5) is 0. The van der Waals surface area contributed by atoms with Crippen LogP contribution in [0.1, 0.15) is 24.8 Å². The Morgan fingerprint density at radius 2 is 2.06 bits per heavy atom. The molecule has 2 bridgehead atoms. The van der Waals surface area contributed by atoms with Gasteiger partial charge in [-0.2, -0.15) is 0 Å². The van der Waals surface area contributed by atoms with Gasteiger partial charge in [-0.3, -0.25) is 0 Å². The van der Waals surface area contributed by atoms with Gasteiger partial charge < -0.3 is 10.6 Å². The quantitative estimate of drug-likeness (QED) is 0.806. The first-order chi connectivity index (χ1) is 7.92. The summed E-state index contributed by atoms with van der Waals surface area (Å²) in [6.07, 6.45) is 4.16. The Kier molecular flexibility index (Phi) is 2.94. The Hall–Kier alpha value is -0.860. The Balaban J connectivity index is 1.56. The maximum atomic E-state index is 3.71. The molecule has 16 heavy (non-hydrogen) atoms. The fourth-order valence-corrected chi connectivity index (χ4v) is 3.08. The van der Waals surface area contributed by atoms with Crippen LogP contribution in [0.3, 0.4) is 0 Å². The molecule has 2 nitrogen and oxygen atoms in total. The molecule has 3 atom stereocenters. The summed E-state index contributed by atoms with van der Waals surface area (Å²) in [6.45, 7) is 2.25. The third-order valence-electron chi connectivity index (χ3n) is 4.04. The van der Waals surface area contributed by atoms with Crippen LogP contribution in [-0.4, -0.2) is 18.6 Å². The molecule has 2 aliphatic heterocycles. The minimum Gasteiger partial charge on any atom is -0.312 e. The van der Waals surface area contributed by atoms with Gasteiger partial charge in [-0.1, -0.05) is 30.3 Å². The van der Waals surface area contributed by atoms with Crippen LogP contribution >= 0.6 is 0 Å².